The fraction of sp³-hybridized carbons (Fsp3) is 0.333. The van der Waals surface area contributed by atoms with Crippen molar-refractivity contribution in [2.45, 2.75) is 13.8 Å². The lowest BCUT2D eigenvalue weighted by molar-refractivity contribution is 0.0999. The Balaban J connectivity index is 1.85. The van der Waals surface area contributed by atoms with Gasteiger partial charge in [-0.3, -0.25) is 4.79 Å². The van der Waals surface area contributed by atoms with E-state index in [1.54, 1.807) is 26.0 Å². The summed E-state index contributed by atoms with van der Waals surface area (Å²) in [6, 6.07) is 6.54. The van der Waals surface area contributed by atoms with Gasteiger partial charge >= 0.3 is 0 Å². The molecular weight excluding hydrogens is 335 g/mol. The average Bonchev–Trinajstić information content (AvgIpc) is 2.63. The smallest absolute Gasteiger partial charge is 0.252 e. The molecule has 2 N–H and O–H groups in total. The number of nitrogens with zero attached hydrogens (tertiary/aromatic N) is 5. The molecule has 0 spiro atoms. The van der Waals surface area contributed by atoms with Crippen molar-refractivity contribution in [3.8, 4) is 6.07 Å². The number of hydrogen-bond donors (Lipinski definition) is 1. The molecule has 1 aliphatic rings. The van der Waals surface area contributed by atoms with Gasteiger partial charge in [0.05, 0.1) is 16.9 Å². The summed E-state index contributed by atoms with van der Waals surface area (Å²) in [7, 11) is 0. The topological polar surface area (TPSA) is 99.1 Å². The van der Waals surface area contributed by atoms with Crippen molar-refractivity contribution in [1.82, 2.24) is 10.2 Å². The van der Waals surface area contributed by atoms with Crippen molar-refractivity contribution in [1.29, 1.82) is 5.26 Å². The van der Waals surface area contributed by atoms with Crippen molar-refractivity contribution < 1.29 is 9.18 Å². The van der Waals surface area contributed by atoms with Gasteiger partial charge in [0.1, 0.15) is 17.4 Å². The van der Waals surface area contributed by atoms with Crippen molar-refractivity contribution in [2.75, 3.05) is 36.0 Å². The standard InChI is InChI=1S/C18H19FN6O/c1-11-12(2)22-23-18(16(11)17(21)26)25-8-6-24(7-9-25)15-5-3-4-14(19)13(15)10-20/h3-5H,6-9H2,1-2H3,(H2,21,26). The minimum atomic E-state index is -0.533. The molecule has 1 aromatic heterocycles. The van der Waals surface area contributed by atoms with Crippen LogP contribution in [0.5, 0.6) is 0 Å². The maximum Gasteiger partial charge on any atom is 0.252 e. The molecule has 1 aliphatic heterocycles. The Morgan fingerprint density at radius 3 is 2.46 bits per heavy atom. The molecule has 134 valence electrons. The molecule has 1 aromatic carbocycles. The van der Waals surface area contributed by atoms with E-state index in [1.165, 1.54) is 6.07 Å². The molecule has 0 unspecified atom stereocenters. The van der Waals surface area contributed by atoms with Crippen LogP contribution < -0.4 is 15.5 Å². The Morgan fingerprint density at radius 2 is 1.85 bits per heavy atom. The largest absolute Gasteiger partial charge is 0.367 e. The van der Waals surface area contributed by atoms with Crippen LogP contribution in [0.4, 0.5) is 15.9 Å². The van der Waals surface area contributed by atoms with E-state index < -0.39 is 11.7 Å². The number of nitrogens with two attached hydrogens (primary N) is 1. The van der Waals surface area contributed by atoms with Crippen LogP contribution >= 0.6 is 0 Å². The Labute approximate surface area is 150 Å². The first kappa shape index (κ1) is 17.6. The number of nitriles is 1. The van der Waals surface area contributed by atoms with Crippen LogP contribution in [0.15, 0.2) is 18.2 Å². The Morgan fingerprint density at radius 1 is 1.19 bits per heavy atom. The summed E-state index contributed by atoms with van der Waals surface area (Å²) in [5.41, 5.74) is 7.94. The summed E-state index contributed by atoms with van der Waals surface area (Å²) in [5.74, 6) is -0.585. The minimum Gasteiger partial charge on any atom is -0.367 e. The van der Waals surface area contributed by atoms with Gasteiger partial charge in [0, 0.05) is 26.2 Å². The van der Waals surface area contributed by atoms with E-state index in [1.807, 2.05) is 15.9 Å². The number of anilines is 2. The minimum absolute atomic E-state index is 0.0461. The molecule has 8 heteroatoms. The third-order valence-corrected chi connectivity index (χ3v) is 4.71. The van der Waals surface area contributed by atoms with Crippen LogP contribution in [-0.2, 0) is 0 Å². The number of aryl methyl sites for hydroxylation is 1. The summed E-state index contributed by atoms with van der Waals surface area (Å²) >= 11 is 0. The van der Waals surface area contributed by atoms with Gasteiger partial charge in [-0.2, -0.15) is 10.4 Å². The Hall–Kier alpha value is -3.21. The molecule has 7 nitrogen and oxygen atoms in total. The number of primary amides is 1. The zero-order valence-corrected chi connectivity index (χ0v) is 14.7. The number of carbonyl (C=O) groups is 1. The zero-order chi connectivity index (χ0) is 18.8. The van der Waals surface area contributed by atoms with Gasteiger partial charge in [-0.1, -0.05) is 6.07 Å². The molecule has 0 bridgehead atoms. The molecule has 1 amide bonds. The maximum atomic E-state index is 13.8. The normalized spacial score (nSPS) is 14.2. The van der Waals surface area contributed by atoms with E-state index in [0.717, 1.165) is 5.56 Å². The first-order valence-electron chi connectivity index (χ1n) is 8.26. The van der Waals surface area contributed by atoms with Gasteiger partial charge < -0.3 is 15.5 Å². The third-order valence-electron chi connectivity index (χ3n) is 4.71. The Bertz CT molecular complexity index is 899. The Kier molecular flexibility index (Phi) is 4.71. The predicted molar refractivity (Wildman–Crippen MR) is 95.6 cm³/mol. The first-order valence-corrected chi connectivity index (χ1v) is 8.26. The molecular formula is C18H19FN6O. The molecule has 2 aromatic rings. The van der Waals surface area contributed by atoms with E-state index in [0.29, 0.717) is 48.9 Å². The fourth-order valence-corrected chi connectivity index (χ4v) is 3.16. The van der Waals surface area contributed by atoms with E-state index in [2.05, 4.69) is 10.2 Å². The molecule has 0 saturated carbocycles. The maximum absolute atomic E-state index is 13.8. The van der Waals surface area contributed by atoms with Crippen LogP contribution in [0, 0.1) is 31.0 Å². The second-order valence-electron chi connectivity index (χ2n) is 6.19. The second kappa shape index (κ2) is 6.96. The van der Waals surface area contributed by atoms with Crippen LogP contribution in [0.25, 0.3) is 0 Å². The van der Waals surface area contributed by atoms with Gasteiger partial charge in [-0.25, -0.2) is 4.39 Å². The van der Waals surface area contributed by atoms with Crippen molar-refractivity contribution in [2.24, 2.45) is 5.73 Å². The predicted octanol–water partition coefficient (Wildman–Crippen LogP) is 1.53. The quantitative estimate of drug-likeness (QED) is 0.897. The molecule has 0 aliphatic carbocycles. The molecule has 2 heterocycles. The van der Waals surface area contributed by atoms with Crippen LogP contribution in [-0.4, -0.2) is 42.3 Å². The van der Waals surface area contributed by atoms with Gasteiger partial charge in [-0.05, 0) is 31.5 Å². The second-order valence-corrected chi connectivity index (χ2v) is 6.19. The lowest BCUT2D eigenvalue weighted by atomic mass is 10.1. The summed E-state index contributed by atoms with van der Waals surface area (Å²) in [6.07, 6.45) is 0. The third kappa shape index (κ3) is 3.04. The molecule has 3 rings (SSSR count). The van der Waals surface area contributed by atoms with E-state index in [9.17, 15) is 14.4 Å². The highest BCUT2D eigenvalue weighted by Crippen LogP contribution is 2.27. The van der Waals surface area contributed by atoms with Gasteiger partial charge in [-0.15, -0.1) is 5.10 Å². The van der Waals surface area contributed by atoms with Gasteiger partial charge in [0.25, 0.3) is 5.91 Å². The van der Waals surface area contributed by atoms with Gasteiger partial charge in [0.15, 0.2) is 5.82 Å². The van der Waals surface area contributed by atoms with E-state index in [-0.39, 0.29) is 5.56 Å². The van der Waals surface area contributed by atoms with Crippen LogP contribution in [0.2, 0.25) is 0 Å². The van der Waals surface area contributed by atoms with Crippen LogP contribution in [0.3, 0.4) is 0 Å². The van der Waals surface area contributed by atoms with E-state index in [4.69, 9.17) is 5.73 Å². The first-order chi connectivity index (χ1) is 12.4. The summed E-state index contributed by atoms with van der Waals surface area (Å²) < 4.78 is 13.8. The summed E-state index contributed by atoms with van der Waals surface area (Å²) in [4.78, 5) is 15.8. The number of aromatic nitrogens is 2. The monoisotopic (exact) mass is 354 g/mol. The summed E-state index contributed by atoms with van der Waals surface area (Å²) in [6.45, 7) is 5.81. The number of carbonyl (C=O) groups excluding carboxylic acids is 1. The lowest BCUT2D eigenvalue weighted by Crippen LogP contribution is -2.48. The fourth-order valence-electron chi connectivity index (χ4n) is 3.16. The highest BCUT2D eigenvalue weighted by molar-refractivity contribution is 5.99. The molecule has 1 fully saturated rings. The molecule has 0 atom stereocenters. The van der Waals surface area contributed by atoms with Crippen molar-refractivity contribution in [3.63, 3.8) is 0 Å². The zero-order valence-electron chi connectivity index (χ0n) is 14.7. The number of rotatable bonds is 3. The number of hydrogen-bond acceptors (Lipinski definition) is 6. The van der Waals surface area contributed by atoms with Crippen LogP contribution in [0.1, 0.15) is 27.2 Å². The average molecular weight is 354 g/mol. The highest BCUT2D eigenvalue weighted by Gasteiger charge is 2.26. The number of halogens is 1. The molecule has 26 heavy (non-hydrogen) atoms. The number of piperazine rings is 1. The number of benzene rings is 1. The summed E-state index contributed by atoms with van der Waals surface area (Å²) in [5, 5.41) is 17.5. The molecule has 0 radical (unpaired) electrons. The van der Waals surface area contributed by atoms with E-state index >= 15 is 0 Å². The highest BCUT2D eigenvalue weighted by atomic mass is 19.1. The van der Waals surface area contributed by atoms with Crippen molar-refractivity contribution in [3.05, 3.63) is 46.4 Å². The number of amides is 1. The lowest BCUT2D eigenvalue weighted by Gasteiger charge is -2.37. The molecule has 1 saturated heterocycles. The van der Waals surface area contributed by atoms with Gasteiger partial charge in [0.2, 0.25) is 0 Å². The van der Waals surface area contributed by atoms with Crippen molar-refractivity contribution >= 4 is 17.4 Å². The SMILES string of the molecule is Cc1nnc(N2CCN(c3cccc(F)c3C#N)CC2)c(C(N)=O)c1C.